The number of fused-ring (bicyclic) bond motifs is 2. The summed E-state index contributed by atoms with van der Waals surface area (Å²) >= 11 is 0. The molecule has 3 heterocycles. The number of carbonyl (C=O) groups excluding carboxylic acids is 1. The summed E-state index contributed by atoms with van der Waals surface area (Å²) in [4.78, 5) is 22.3. The standard InChI is InChI=1S/C23H20F3N5O2/c24-23(25,26)13-5-3-6-14(11-13)31-20(27)18(22(32)28-12-15-7-4-10-33-15)19-21(31)30-17-9-2-1-8-16(17)29-19/h1-3,5-6,8-9,11,15H,4,7,10,12,27H2,(H,28,32)/t15-/m0/s1. The summed E-state index contributed by atoms with van der Waals surface area (Å²) in [5.74, 6) is -0.521. The summed E-state index contributed by atoms with van der Waals surface area (Å²) < 4.78 is 46.9. The number of nitrogens with two attached hydrogens (primary N) is 1. The number of amides is 1. The molecule has 1 amide bonds. The van der Waals surface area contributed by atoms with Crippen LogP contribution in [0.15, 0.2) is 48.5 Å². The third-order valence-corrected chi connectivity index (χ3v) is 5.67. The SMILES string of the molecule is Nc1c(C(=O)NC[C@@H]2CCCO2)c2nc3ccccc3nc2n1-c1cccc(C(F)(F)F)c1. The topological polar surface area (TPSA) is 95.1 Å². The lowest BCUT2D eigenvalue weighted by Gasteiger charge is -2.12. The van der Waals surface area contributed by atoms with E-state index in [1.54, 1.807) is 24.3 Å². The van der Waals surface area contributed by atoms with Crippen molar-refractivity contribution < 1.29 is 22.7 Å². The van der Waals surface area contributed by atoms with Gasteiger partial charge in [0.05, 0.1) is 22.7 Å². The lowest BCUT2D eigenvalue weighted by atomic mass is 10.2. The molecule has 1 aliphatic rings. The molecule has 0 aliphatic carbocycles. The van der Waals surface area contributed by atoms with Gasteiger partial charge < -0.3 is 15.8 Å². The largest absolute Gasteiger partial charge is 0.416 e. The van der Waals surface area contributed by atoms with Gasteiger partial charge in [-0.15, -0.1) is 0 Å². The van der Waals surface area contributed by atoms with Gasteiger partial charge in [-0.1, -0.05) is 18.2 Å². The van der Waals surface area contributed by atoms with Crippen molar-refractivity contribution in [3.8, 4) is 5.69 Å². The minimum atomic E-state index is -4.53. The molecule has 4 aromatic rings. The lowest BCUT2D eigenvalue weighted by Crippen LogP contribution is -2.32. The summed E-state index contributed by atoms with van der Waals surface area (Å²) in [5, 5.41) is 2.82. The van der Waals surface area contributed by atoms with Crippen LogP contribution in [0.4, 0.5) is 19.0 Å². The van der Waals surface area contributed by atoms with Crippen molar-refractivity contribution in [3.05, 3.63) is 59.7 Å². The van der Waals surface area contributed by atoms with Crippen LogP contribution < -0.4 is 11.1 Å². The van der Waals surface area contributed by atoms with Crippen LogP contribution in [0.1, 0.15) is 28.8 Å². The van der Waals surface area contributed by atoms with Crippen LogP contribution in [0.3, 0.4) is 0 Å². The summed E-state index contributed by atoms with van der Waals surface area (Å²) in [6.45, 7) is 0.949. The molecule has 2 aromatic heterocycles. The van der Waals surface area contributed by atoms with Crippen molar-refractivity contribution in [1.29, 1.82) is 0 Å². The van der Waals surface area contributed by atoms with Crippen LogP contribution in [0.2, 0.25) is 0 Å². The Bertz CT molecular complexity index is 1360. The van der Waals surface area contributed by atoms with Gasteiger partial charge in [0, 0.05) is 18.8 Å². The molecule has 0 spiro atoms. The number of ether oxygens (including phenoxy) is 1. The second-order valence-corrected chi connectivity index (χ2v) is 7.87. The molecule has 5 rings (SSSR count). The van der Waals surface area contributed by atoms with Crippen molar-refractivity contribution in [2.75, 3.05) is 18.9 Å². The second-order valence-electron chi connectivity index (χ2n) is 7.87. The van der Waals surface area contributed by atoms with E-state index in [4.69, 9.17) is 10.5 Å². The first-order valence-electron chi connectivity index (χ1n) is 10.5. The minimum absolute atomic E-state index is 0.0375. The van der Waals surface area contributed by atoms with Gasteiger partial charge in [0.1, 0.15) is 16.9 Å². The highest BCUT2D eigenvalue weighted by molar-refractivity contribution is 6.11. The molecule has 0 radical (unpaired) electrons. The molecule has 1 fully saturated rings. The number of nitrogens with zero attached hydrogens (tertiary/aromatic N) is 3. The van der Waals surface area contributed by atoms with Crippen LogP contribution in [0.5, 0.6) is 0 Å². The molecule has 1 atom stereocenters. The number of hydrogen-bond acceptors (Lipinski definition) is 5. The predicted molar refractivity (Wildman–Crippen MR) is 117 cm³/mol. The summed E-state index contributed by atoms with van der Waals surface area (Å²) in [6.07, 6.45) is -2.85. The Morgan fingerprint density at radius 2 is 1.91 bits per heavy atom. The maximum atomic E-state index is 13.3. The van der Waals surface area contributed by atoms with E-state index in [2.05, 4.69) is 15.3 Å². The van der Waals surface area contributed by atoms with E-state index in [1.165, 1.54) is 16.7 Å². The lowest BCUT2D eigenvalue weighted by molar-refractivity contribution is -0.137. The molecule has 0 saturated carbocycles. The van der Waals surface area contributed by atoms with Crippen molar-refractivity contribution in [2.24, 2.45) is 0 Å². The molecule has 7 nitrogen and oxygen atoms in total. The average molecular weight is 455 g/mol. The first-order valence-corrected chi connectivity index (χ1v) is 10.5. The summed E-state index contributed by atoms with van der Waals surface area (Å²) in [5.41, 5.74) is 7.22. The normalized spacial score (nSPS) is 16.5. The Kier molecular flexibility index (Phi) is 5.16. The van der Waals surface area contributed by atoms with Crippen LogP contribution >= 0.6 is 0 Å². The highest BCUT2D eigenvalue weighted by Gasteiger charge is 2.32. The third-order valence-electron chi connectivity index (χ3n) is 5.67. The molecule has 170 valence electrons. The zero-order chi connectivity index (χ0) is 23.2. The number of nitrogens with one attached hydrogen (secondary N) is 1. The van der Waals surface area contributed by atoms with E-state index < -0.39 is 17.6 Å². The zero-order valence-corrected chi connectivity index (χ0v) is 17.4. The monoisotopic (exact) mass is 455 g/mol. The highest BCUT2D eigenvalue weighted by Crippen LogP contribution is 2.34. The number of nitrogen functional groups attached to an aromatic ring is 1. The van der Waals surface area contributed by atoms with Gasteiger partial charge in [0.15, 0.2) is 5.65 Å². The maximum Gasteiger partial charge on any atom is 0.416 e. The number of para-hydroxylation sites is 2. The van der Waals surface area contributed by atoms with Gasteiger partial charge in [-0.25, -0.2) is 9.97 Å². The summed E-state index contributed by atoms with van der Waals surface area (Å²) in [7, 11) is 0. The number of benzene rings is 2. The highest BCUT2D eigenvalue weighted by atomic mass is 19.4. The van der Waals surface area contributed by atoms with E-state index in [1.807, 2.05) is 0 Å². The second kappa shape index (κ2) is 8.04. The van der Waals surface area contributed by atoms with E-state index in [-0.39, 0.29) is 34.3 Å². The molecule has 1 saturated heterocycles. The number of aromatic nitrogens is 3. The van der Waals surface area contributed by atoms with Gasteiger partial charge in [-0.2, -0.15) is 13.2 Å². The number of hydrogen-bond donors (Lipinski definition) is 2. The van der Waals surface area contributed by atoms with Gasteiger partial charge in [0.2, 0.25) is 0 Å². The van der Waals surface area contributed by atoms with Crippen LogP contribution in [0, 0.1) is 0 Å². The Morgan fingerprint density at radius 1 is 1.15 bits per heavy atom. The summed E-state index contributed by atoms with van der Waals surface area (Å²) in [6, 6.07) is 11.8. The quantitative estimate of drug-likeness (QED) is 0.484. The van der Waals surface area contributed by atoms with Gasteiger partial charge in [-0.05, 0) is 43.2 Å². The number of alkyl halides is 3. The fraction of sp³-hybridized carbons (Fsp3) is 0.261. The molecule has 0 bridgehead atoms. The molecule has 0 unspecified atom stereocenters. The maximum absolute atomic E-state index is 13.3. The number of halogens is 3. The van der Waals surface area contributed by atoms with Crippen molar-refractivity contribution >= 4 is 33.9 Å². The Balaban J connectivity index is 1.68. The van der Waals surface area contributed by atoms with E-state index in [9.17, 15) is 18.0 Å². The van der Waals surface area contributed by atoms with Crippen molar-refractivity contribution in [3.63, 3.8) is 0 Å². The molecule has 33 heavy (non-hydrogen) atoms. The van der Waals surface area contributed by atoms with E-state index in [0.717, 1.165) is 25.0 Å². The molecule has 1 aliphatic heterocycles. The Hall–Kier alpha value is -3.66. The molecule has 3 N–H and O–H groups in total. The molecular weight excluding hydrogens is 435 g/mol. The van der Waals surface area contributed by atoms with Gasteiger partial charge in [0.25, 0.3) is 5.91 Å². The fourth-order valence-corrected chi connectivity index (χ4v) is 4.07. The van der Waals surface area contributed by atoms with Crippen molar-refractivity contribution in [1.82, 2.24) is 19.9 Å². The Morgan fingerprint density at radius 3 is 2.61 bits per heavy atom. The van der Waals surface area contributed by atoms with Gasteiger partial charge >= 0.3 is 6.18 Å². The van der Waals surface area contributed by atoms with Crippen molar-refractivity contribution in [2.45, 2.75) is 25.1 Å². The average Bonchev–Trinajstić information content (AvgIpc) is 3.41. The first kappa shape index (κ1) is 21.2. The van der Waals surface area contributed by atoms with Gasteiger partial charge in [-0.3, -0.25) is 9.36 Å². The molecular formula is C23H20F3N5O2. The third kappa shape index (κ3) is 3.86. The molecule has 10 heteroatoms. The minimum Gasteiger partial charge on any atom is -0.384 e. The smallest absolute Gasteiger partial charge is 0.384 e. The van der Waals surface area contributed by atoms with Crippen LogP contribution in [-0.2, 0) is 10.9 Å². The number of rotatable bonds is 4. The van der Waals surface area contributed by atoms with Crippen LogP contribution in [-0.4, -0.2) is 39.7 Å². The first-order chi connectivity index (χ1) is 15.8. The molecule has 2 aromatic carbocycles. The van der Waals surface area contributed by atoms with E-state index >= 15 is 0 Å². The Labute approximate surface area is 186 Å². The predicted octanol–water partition coefficient (Wildman–Crippen LogP) is 4.08. The number of carbonyl (C=O) groups is 1. The fourth-order valence-electron chi connectivity index (χ4n) is 4.07. The van der Waals surface area contributed by atoms with Crippen LogP contribution in [0.25, 0.3) is 27.9 Å². The number of anilines is 1. The zero-order valence-electron chi connectivity index (χ0n) is 17.4. The van der Waals surface area contributed by atoms with E-state index in [0.29, 0.717) is 24.2 Å².